The largest absolute Gasteiger partial charge is 0.376 e. The van der Waals surface area contributed by atoms with Crippen LogP contribution in [0.2, 0.25) is 10.0 Å². The summed E-state index contributed by atoms with van der Waals surface area (Å²) in [6, 6.07) is 8.26. The molecule has 24 heavy (non-hydrogen) atoms. The lowest BCUT2D eigenvalue weighted by atomic mass is 10.2. The molecule has 2 heterocycles. The maximum Gasteiger partial charge on any atom is 0.255 e. The van der Waals surface area contributed by atoms with Crippen molar-refractivity contribution in [3.63, 3.8) is 0 Å². The highest BCUT2D eigenvalue weighted by Crippen LogP contribution is 2.26. The Hall–Kier alpha value is -1.82. The highest BCUT2D eigenvalue weighted by Gasteiger charge is 2.15. The molecule has 2 N–H and O–H groups in total. The second kappa shape index (κ2) is 7.83. The molecule has 0 saturated carbocycles. The van der Waals surface area contributed by atoms with Crippen LogP contribution in [0.15, 0.2) is 36.5 Å². The van der Waals surface area contributed by atoms with Crippen molar-refractivity contribution in [2.75, 3.05) is 23.8 Å². The smallest absolute Gasteiger partial charge is 0.255 e. The van der Waals surface area contributed by atoms with Gasteiger partial charge in [-0.3, -0.25) is 4.79 Å². The third kappa shape index (κ3) is 4.38. The van der Waals surface area contributed by atoms with Gasteiger partial charge in [0, 0.05) is 29.9 Å². The predicted octanol–water partition coefficient (Wildman–Crippen LogP) is 4.23. The van der Waals surface area contributed by atoms with Gasteiger partial charge in [0.05, 0.1) is 16.8 Å². The van der Waals surface area contributed by atoms with E-state index in [2.05, 4.69) is 15.6 Å². The standard InChI is InChI=1S/C17H17Cl2N3O2/c18-12-3-4-14(19)15(9-12)22-17(23)11-5-6-20-16(8-11)21-10-13-2-1-7-24-13/h3-6,8-9,13H,1-2,7,10H2,(H,20,21)(H,22,23). The Bertz CT molecular complexity index is 734. The molecule has 1 saturated heterocycles. The number of anilines is 2. The second-order valence-electron chi connectivity index (χ2n) is 5.52. The van der Waals surface area contributed by atoms with Crippen LogP contribution in [-0.2, 0) is 4.74 Å². The lowest BCUT2D eigenvalue weighted by Gasteiger charge is -2.12. The van der Waals surface area contributed by atoms with E-state index in [9.17, 15) is 4.79 Å². The summed E-state index contributed by atoms with van der Waals surface area (Å²) >= 11 is 12.0. The van der Waals surface area contributed by atoms with Gasteiger partial charge in [-0.05, 0) is 43.2 Å². The Morgan fingerprint density at radius 2 is 2.17 bits per heavy atom. The second-order valence-corrected chi connectivity index (χ2v) is 6.37. The van der Waals surface area contributed by atoms with Crippen molar-refractivity contribution in [3.05, 3.63) is 52.1 Å². The van der Waals surface area contributed by atoms with Gasteiger partial charge in [-0.2, -0.15) is 0 Å². The van der Waals surface area contributed by atoms with Gasteiger partial charge in [-0.1, -0.05) is 23.2 Å². The van der Waals surface area contributed by atoms with Gasteiger partial charge in [0.2, 0.25) is 0 Å². The van der Waals surface area contributed by atoms with E-state index in [1.807, 2.05) is 0 Å². The van der Waals surface area contributed by atoms with Crippen molar-refractivity contribution in [2.24, 2.45) is 0 Å². The number of hydrogen-bond acceptors (Lipinski definition) is 4. The normalized spacial score (nSPS) is 16.8. The molecule has 1 atom stereocenters. The SMILES string of the molecule is O=C(Nc1cc(Cl)ccc1Cl)c1ccnc(NCC2CCCO2)c1. The summed E-state index contributed by atoms with van der Waals surface area (Å²) in [6.07, 6.45) is 3.92. The van der Waals surface area contributed by atoms with Crippen LogP contribution < -0.4 is 10.6 Å². The van der Waals surface area contributed by atoms with Crippen LogP contribution in [0.1, 0.15) is 23.2 Å². The molecule has 0 bridgehead atoms. The number of nitrogens with zero attached hydrogens (tertiary/aromatic N) is 1. The molecule has 0 spiro atoms. The molecule has 3 rings (SSSR count). The number of rotatable bonds is 5. The van der Waals surface area contributed by atoms with Gasteiger partial charge in [0.1, 0.15) is 5.82 Å². The molecule has 1 fully saturated rings. The number of aromatic nitrogens is 1. The summed E-state index contributed by atoms with van der Waals surface area (Å²) in [5, 5.41) is 6.89. The van der Waals surface area contributed by atoms with Crippen LogP contribution in [-0.4, -0.2) is 30.1 Å². The van der Waals surface area contributed by atoms with Crippen molar-refractivity contribution >= 4 is 40.6 Å². The molecule has 1 aliphatic rings. The summed E-state index contributed by atoms with van der Waals surface area (Å²) in [4.78, 5) is 16.6. The Morgan fingerprint density at radius 3 is 2.96 bits per heavy atom. The molecule has 1 aromatic carbocycles. The summed E-state index contributed by atoms with van der Waals surface area (Å²) < 4.78 is 5.56. The molecular formula is C17H17Cl2N3O2. The first-order valence-electron chi connectivity index (χ1n) is 7.70. The molecule has 126 valence electrons. The van der Waals surface area contributed by atoms with Crippen LogP contribution in [0.5, 0.6) is 0 Å². The molecule has 1 aromatic heterocycles. The third-order valence-electron chi connectivity index (χ3n) is 3.73. The van der Waals surface area contributed by atoms with E-state index >= 15 is 0 Å². The Morgan fingerprint density at radius 1 is 1.29 bits per heavy atom. The van der Waals surface area contributed by atoms with Crippen LogP contribution in [0.3, 0.4) is 0 Å². The molecule has 5 nitrogen and oxygen atoms in total. The topological polar surface area (TPSA) is 63.2 Å². The fraction of sp³-hybridized carbons (Fsp3) is 0.294. The molecule has 2 aromatic rings. The maximum absolute atomic E-state index is 12.4. The fourth-order valence-corrected chi connectivity index (χ4v) is 2.82. The molecule has 7 heteroatoms. The van der Waals surface area contributed by atoms with E-state index < -0.39 is 0 Å². The Labute approximate surface area is 150 Å². The summed E-state index contributed by atoms with van der Waals surface area (Å²) in [5.74, 6) is 0.358. The average molecular weight is 366 g/mol. The predicted molar refractivity (Wildman–Crippen MR) is 96.1 cm³/mol. The van der Waals surface area contributed by atoms with Gasteiger partial charge in [0.25, 0.3) is 5.91 Å². The third-order valence-corrected chi connectivity index (χ3v) is 4.30. The van der Waals surface area contributed by atoms with Gasteiger partial charge in [-0.15, -0.1) is 0 Å². The molecular weight excluding hydrogens is 349 g/mol. The minimum absolute atomic E-state index is 0.203. The van der Waals surface area contributed by atoms with Gasteiger partial charge >= 0.3 is 0 Å². The molecule has 1 amide bonds. The monoisotopic (exact) mass is 365 g/mol. The number of pyridine rings is 1. The number of ether oxygens (including phenoxy) is 1. The first kappa shape index (κ1) is 17.0. The minimum Gasteiger partial charge on any atom is -0.376 e. The zero-order chi connectivity index (χ0) is 16.9. The lowest BCUT2D eigenvalue weighted by Crippen LogP contribution is -2.19. The van der Waals surface area contributed by atoms with Gasteiger partial charge < -0.3 is 15.4 Å². The number of hydrogen-bond donors (Lipinski definition) is 2. The van der Waals surface area contributed by atoms with E-state index in [4.69, 9.17) is 27.9 Å². The fourth-order valence-electron chi connectivity index (χ4n) is 2.48. The highest BCUT2D eigenvalue weighted by molar-refractivity contribution is 6.35. The zero-order valence-electron chi connectivity index (χ0n) is 12.9. The molecule has 0 radical (unpaired) electrons. The Kier molecular flexibility index (Phi) is 5.56. The average Bonchev–Trinajstić information content (AvgIpc) is 3.10. The summed E-state index contributed by atoms with van der Waals surface area (Å²) in [7, 11) is 0. The van der Waals surface area contributed by atoms with Crippen LogP contribution in [0.4, 0.5) is 11.5 Å². The van der Waals surface area contributed by atoms with Gasteiger partial charge in [-0.25, -0.2) is 4.98 Å². The van der Waals surface area contributed by atoms with E-state index in [0.29, 0.717) is 33.7 Å². The van der Waals surface area contributed by atoms with Crippen molar-refractivity contribution < 1.29 is 9.53 Å². The molecule has 0 aliphatic carbocycles. The number of carbonyl (C=O) groups is 1. The zero-order valence-corrected chi connectivity index (χ0v) is 14.4. The minimum atomic E-state index is -0.276. The van der Waals surface area contributed by atoms with E-state index in [1.165, 1.54) is 0 Å². The quantitative estimate of drug-likeness (QED) is 0.831. The van der Waals surface area contributed by atoms with Crippen molar-refractivity contribution in [1.82, 2.24) is 4.98 Å². The number of benzene rings is 1. The van der Waals surface area contributed by atoms with Crippen molar-refractivity contribution in [3.8, 4) is 0 Å². The number of amides is 1. The maximum atomic E-state index is 12.4. The number of halogens is 2. The summed E-state index contributed by atoms with van der Waals surface area (Å²) in [5.41, 5.74) is 0.954. The number of nitrogens with one attached hydrogen (secondary N) is 2. The highest BCUT2D eigenvalue weighted by atomic mass is 35.5. The Balaban J connectivity index is 1.66. The lowest BCUT2D eigenvalue weighted by molar-refractivity contribution is 0.102. The van der Waals surface area contributed by atoms with E-state index in [0.717, 1.165) is 19.4 Å². The van der Waals surface area contributed by atoms with Crippen molar-refractivity contribution in [1.29, 1.82) is 0 Å². The summed E-state index contributed by atoms with van der Waals surface area (Å²) in [6.45, 7) is 1.49. The number of carbonyl (C=O) groups excluding carboxylic acids is 1. The van der Waals surface area contributed by atoms with Crippen LogP contribution in [0, 0.1) is 0 Å². The van der Waals surface area contributed by atoms with Crippen molar-refractivity contribution in [2.45, 2.75) is 18.9 Å². The first-order valence-corrected chi connectivity index (χ1v) is 8.45. The van der Waals surface area contributed by atoms with E-state index in [1.54, 1.807) is 36.5 Å². The van der Waals surface area contributed by atoms with Crippen LogP contribution >= 0.6 is 23.2 Å². The van der Waals surface area contributed by atoms with Crippen LogP contribution in [0.25, 0.3) is 0 Å². The van der Waals surface area contributed by atoms with Gasteiger partial charge in [0.15, 0.2) is 0 Å². The first-order chi connectivity index (χ1) is 11.6. The molecule has 1 unspecified atom stereocenters. The molecule has 1 aliphatic heterocycles. The van der Waals surface area contributed by atoms with E-state index in [-0.39, 0.29) is 12.0 Å².